The quantitative estimate of drug-likeness (QED) is 0.835. The zero-order valence-corrected chi connectivity index (χ0v) is 10.7. The molecule has 1 N–H and O–H groups in total. The van der Waals surface area contributed by atoms with Crippen molar-refractivity contribution >= 4 is 0 Å². The third-order valence-electron chi connectivity index (χ3n) is 4.19. The molecule has 2 heteroatoms. The average molecular weight is 230 g/mol. The van der Waals surface area contributed by atoms with Crippen molar-refractivity contribution < 1.29 is 0 Å². The van der Waals surface area contributed by atoms with Crippen LogP contribution in [0.3, 0.4) is 0 Å². The Hall–Kier alpha value is -0.860. The molecule has 1 fully saturated rings. The van der Waals surface area contributed by atoms with Gasteiger partial charge in [0.2, 0.25) is 0 Å². The van der Waals surface area contributed by atoms with Gasteiger partial charge in [-0.05, 0) is 36.8 Å². The van der Waals surface area contributed by atoms with Crippen molar-refractivity contribution in [3.8, 4) is 0 Å². The van der Waals surface area contributed by atoms with Gasteiger partial charge in [-0.3, -0.25) is 0 Å². The van der Waals surface area contributed by atoms with Crippen LogP contribution in [-0.2, 0) is 6.42 Å². The number of hydrogen-bond donors (Lipinski definition) is 1. The van der Waals surface area contributed by atoms with Crippen LogP contribution in [0.1, 0.15) is 29.0 Å². The van der Waals surface area contributed by atoms with Crippen LogP contribution in [-0.4, -0.2) is 37.6 Å². The largest absolute Gasteiger partial charge is 0.314 e. The standard InChI is InChI=1S/C15H22N2/c1-12-2-5-15-13(10-12)3-4-14(15)11-17-8-6-16-7-9-17/h2,5,10,14,16H,3-4,6-9,11H2,1H3. The predicted molar refractivity (Wildman–Crippen MR) is 71.6 cm³/mol. The van der Waals surface area contributed by atoms with Crippen molar-refractivity contribution in [3.63, 3.8) is 0 Å². The number of aryl methyl sites for hydroxylation is 2. The van der Waals surface area contributed by atoms with E-state index in [9.17, 15) is 0 Å². The highest BCUT2D eigenvalue weighted by molar-refractivity contribution is 5.38. The summed E-state index contributed by atoms with van der Waals surface area (Å²) in [5.74, 6) is 0.781. The number of nitrogens with one attached hydrogen (secondary N) is 1. The van der Waals surface area contributed by atoms with Gasteiger partial charge in [0, 0.05) is 32.7 Å². The molecule has 1 saturated heterocycles. The van der Waals surface area contributed by atoms with Gasteiger partial charge in [0.25, 0.3) is 0 Å². The van der Waals surface area contributed by atoms with Crippen LogP contribution < -0.4 is 5.32 Å². The topological polar surface area (TPSA) is 15.3 Å². The molecule has 0 aromatic heterocycles. The maximum Gasteiger partial charge on any atom is 0.0108 e. The first kappa shape index (κ1) is 11.2. The lowest BCUT2D eigenvalue weighted by Gasteiger charge is -2.29. The van der Waals surface area contributed by atoms with Crippen molar-refractivity contribution in [1.82, 2.24) is 10.2 Å². The Morgan fingerprint density at radius 2 is 2.12 bits per heavy atom. The van der Waals surface area contributed by atoms with Gasteiger partial charge >= 0.3 is 0 Å². The zero-order valence-electron chi connectivity index (χ0n) is 10.7. The van der Waals surface area contributed by atoms with E-state index in [1.807, 2.05) is 0 Å². The molecule has 2 nitrogen and oxygen atoms in total. The van der Waals surface area contributed by atoms with E-state index < -0.39 is 0 Å². The van der Waals surface area contributed by atoms with Crippen LogP contribution in [0.4, 0.5) is 0 Å². The molecule has 1 atom stereocenters. The van der Waals surface area contributed by atoms with E-state index in [0.717, 1.165) is 19.0 Å². The first-order valence-corrected chi connectivity index (χ1v) is 6.85. The van der Waals surface area contributed by atoms with E-state index in [1.165, 1.54) is 38.0 Å². The maximum atomic E-state index is 3.42. The third-order valence-corrected chi connectivity index (χ3v) is 4.19. The molecule has 1 aliphatic carbocycles. The second-order valence-corrected chi connectivity index (χ2v) is 5.49. The molecule has 1 aromatic rings. The van der Waals surface area contributed by atoms with Crippen molar-refractivity contribution in [3.05, 3.63) is 34.9 Å². The zero-order chi connectivity index (χ0) is 11.7. The number of piperazine rings is 1. The molecule has 2 aliphatic rings. The Balaban J connectivity index is 1.70. The van der Waals surface area contributed by atoms with E-state index in [1.54, 1.807) is 11.1 Å². The summed E-state index contributed by atoms with van der Waals surface area (Å²) >= 11 is 0. The highest BCUT2D eigenvalue weighted by atomic mass is 15.2. The third kappa shape index (κ3) is 2.38. The maximum absolute atomic E-state index is 3.42. The van der Waals surface area contributed by atoms with Gasteiger partial charge in [0.15, 0.2) is 0 Å². The summed E-state index contributed by atoms with van der Waals surface area (Å²) in [4.78, 5) is 2.62. The molecule has 0 spiro atoms. The van der Waals surface area contributed by atoms with Crippen LogP contribution in [0.25, 0.3) is 0 Å². The number of benzene rings is 1. The van der Waals surface area contributed by atoms with Crippen molar-refractivity contribution in [2.24, 2.45) is 0 Å². The molecule has 17 heavy (non-hydrogen) atoms. The fraction of sp³-hybridized carbons (Fsp3) is 0.600. The molecular weight excluding hydrogens is 208 g/mol. The molecule has 92 valence electrons. The second-order valence-electron chi connectivity index (χ2n) is 5.49. The number of fused-ring (bicyclic) bond motifs is 1. The first-order chi connectivity index (χ1) is 8.33. The van der Waals surface area contributed by atoms with Crippen LogP contribution in [0, 0.1) is 6.92 Å². The molecule has 1 aliphatic heterocycles. The van der Waals surface area contributed by atoms with Gasteiger partial charge in [-0.15, -0.1) is 0 Å². The molecule has 0 amide bonds. The van der Waals surface area contributed by atoms with Crippen molar-refractivity contribution in [2.75, 3.05) is 32.7 Å². The van der Waals surface area contributed by atoms with E-state index in [4.69, 9.17) is 0 Å². The summed E-state index contributed by atoms with van der Waals surface area (Å²) in [5, 5.41) is 3.42. The number of rotatable bonds is 2. The summed E-state index contributed by atoms with van der Waals surface area (Å²) in [5.41, 5.74) is 4.63. The van der Waals surface area contributed by atoms with Gasteiger partial charge in [-0.25, -0.2) is 0 Å². The van der Waals surface area contributed by atoms with E-state index in [-0.39, 0.29) is 0 Å². The Bertz CT molecular complexity index is 394. The van der Waals surface area contributed by atoms with Gasteiger partial charge in [0.05, 0.1) is 0 Å². The number of nitrogens with zero attached hydrogens (tertiary/aromatic N) is 1. The Kier molecular flexibility index (Phi) is 3.17. The summed E-state index contributed by atoms with van der Waals surface area (Å²) in [6.45, 7) is 8.22. The minimum Gasteiger partial charge on any atom is -0.314 e. The summed E-state index contributed by atoms with van der Waals surface area (Å²) in [6.07, 6.45) is 2.64. The van der Waals surface area contributed by atoms with Crippen molar-refractivity contribution in [1.29, 1.82) is 0 Å². The average Bonchev–Trinajstić information content (AvgIpc) is 2.73. The Morgan fingerprint density at radius 3 is 2.94 bits per heavy atom. The van der Waals surface area contributed by atoms with E-state index >= 15 is 0 Å². The molecule has 1 aromatic carbocycles. The van der Waals surface area contributed by atoms with Crippen LogP contribution >= 0.6 is 0 Å². The lowest BCUT2D eigenvalue weighted by Crippen LogP contribution is -2.44. The number of hydrogen-bond acceptors (Lipinski definition) is 2. The molecule has 0 radical (unpaired) electrons. The summed E-state index contributed by atoms with van der Waals surface area (Å²) < 4.78 is 0. The van der Waals surface area contributed by atoms with E-state index in [2.05, 4.69) is 35.3 Å². The normalized spacial score (nSPS) is 24.9. The van der Waals surface area contributed by atoms with Gasteiger partial charge in [0.1, 0.15) is 0 Å². The van der Waals surface area contributed by atoms with Crippen LogP contribution in [0.15, 0.2) is 18.2 Å². The van der Waals surface area contributed by atoms with Crippen molar-refractivity contribution in [2.45, 2.75) is 25.7 Å². The lowest BCUT2D eigenvalue weighted by molar-refractivity contribution is 0.226. The second kappa shape index (κ2) is 4.79. The van der Waals surface area contributed by atoms with Gasteiger partial charge in [-0.1, -0.05) is 23.8 Å². The minimum atomic E-state index is 0.781. The molecule has 1 unspecified atom stereocenters. The highest BCUT2D eigenvalue weighted by Gasteiger charge is 2.24. The van der Waals surface area contributed by atoms with Crippen LogP contribution in [0.5, 0.6) is 0 Å². The molecule has 0 bridgehead atoms. The molecule has 0 saturated carbocycles. The monoisotopic (exact) mass is 230 g/mol. The van der Waals surface area contributed by atoms with Crippen LogP contribution in [0.2, 0.25) is 0 Å². The summed E-state index contributed by atoms with van der Waals surface area (Å²) in [7, 11) is 0. The fourth-order valence-corrected chi connectivity index (χ4v) is 3.23. The first-order valence-electron chi connectivity index (χ1n) is 6.85. The SMILES string of the molecule is Cc1ccc2c(c1)CCC2CN1CCNCC1. The molecule has 3 rings (SSSR count). The Labute approximate surface area is 104 Å². The minimum absolute atomic E-state index is 0.781. The van der Waals surface area contributed by atoms with Gasteiger partial charge in [-0.2, -0.15) is 0 Å². The lowest BCUT2D eigenvalue weighted by atomic mass is 9.99. The summed E-state index contributed by atoms with van der Waals surface area (Å²) in [6, 6.07) is 7.02. The highest BCUT2D eigenvalue weighted by Crippen LogP contribution is 2.34. The Morgan fingerprint density at radius 1 is 1.29 bits per heavy atom. The predicted octanol–water partition coefficient (Wildman–Crippen LogP) is 1.93. The molecular formula is C15H22N2. The smallest absolute Gasteiger partial charge is 0.0108 e. The van der Waals surface area contributed by atoms with Gasteiger partial charge < -0.3 is 10.2 Å². The fourth-order valence-electron chi connectivity index (χ4n) is 3.23. The van der Waals surface area contributed by atoms with E-state index in [0.29, 0.717) is 0 Å². The molecule has 1 heterocycles.